The molecule has 29 heavy (non-hydrogen) atoms. The van der Waals surface area contributed by atoms with Crippen molar-refractivity contribution in [3.63, 3.8) is 0 Å². The standard InChI is InChI=1S/C21H28N4O2S2/c1-14-15(2)29-20-18(14)19(22-13-23-20)28-12-17(26)24-10-6-16(7-11-24)21(27)25-8-4-3-5-9-25/h13,16H,3-12H2,1-2H3. The van der Waals surface area contributed by atoms with Crippen LogP contribution in [0.1, 0.15) is 42.5 Å². The minimum atomic E-state index is 0.0859. The number of thiophene rings is 1. The first-order valence-corrected chi connectivity index (χ1v) is 12.2. The monoisotopic (exact) mass is 432 g/mol. The molecule has 0 spiro atoms. The van der Waals surface area contributed by atoms with Crippen LogP contribution in [-0.2, 0) is 9.59 Å². The van der Waals surface area contributed by atoms with Crippen LogP contribution in [0.15, 0.2) is 11.4 Å². The molecular weight excluding hydrogens is 404 g/mol. The van der Waals surface area contributed by atoms with Gasteiger partial charge in [-0.3, -0.25) is 9.59 Å². The Kier molecular flexibility index (Phi) is 6.39. The summed E-state index contributed by atoms with van der Waals surface area (Å²) in [5, 5.41) is 1.97. The van der Waals surface area contributed by atoms with Gasteiger partial charge < -0.3 is 9.80 Å². The Hall–Kier alpha value is -1.67. The van der Waals surface area contributed by atoms with Gasteiger partial charge in [0.05, 0.1) is 5.75 Å². The van der Waals surface area contributed by atoms with Crippen molar-refractivity contribution in [1.29, 1.82) is 0 Å². The maximum atomic E-state index is 12.7. The Morgan fingerprint density at radius 3 is 2.52 bits per heavy atom. The zero-order valence-corrected chi connectivity index (χ0v) is 18.8. The van der Waals surface area contributed by atoms with Gasteiger partial charge in [-0.1, -0.05) is 11.8 Å². The van der Waals surface area contributed by atoms with Gasteiger partial charge in [-0.05, 0) is 51.5 Å². The largest absolute Gasteiger partial charge is 0.342 e. The van der Waals surface area contributed by atoms with Crippen LogP contribution in [0.3, 0.4) is 0 Å². The zero-order valence-electron chi connectivity index (χ0n) is 17.1. The number of hydrogen-bond acceptors (Lipinski definition) is 6. The summed E-state index contributed by atoms with van der Waals surface area (Å²) in [4.78, 5) is 40.4. The van der Waals surface area contributed by atoms with Crippen molar-refractivity contribution in [1.82, 2.24) is 19.8 Å². The average Bonchev–Trinajstić information content (AvgIpc) is 3.06. The highest BCUT2D eigenvalue weighted by Gasteiger charge is 2.30. The molecule has 2 aliphatic rings. The lowest BCUT2D eigenvalue weighted by Crippen LogP contribution is -2.46. The normalized spacial score (nSPS) is 18.4. The predicted molar refractivity (Wildman–Crippen MR) is 117 cm³/mol. The molecule has 0 aromatic carbocycles. The third-order valence-corrected chi connectivity index (χ3v) is 8.22. The first-order chi connectivity index (χ1) is 14.0. The van der Waals surface area contributed by atoms with E-state index in [1.807, 2.05) is 9.80 Å². The van der Waals surface area contributed by atoms with Crippen molar-refractivity contribution in [2.75, 3.05) is 31.9 Å². The van der Waals surface area contributed by atoms with E-state index in [4.69, 9.17) is 0 Å². The Balaban J connectivity index is 1.31. The zero-order chi connectivity index (χ0) is 20.4. The molecule has 0 bridgehead atoms. The van der Waals surface area contributed by atoms with Crippen LogP contribution in [0.5, 0.6) is 0 Å². The van der Waals surface area contributed by atoms with Gasteiger partial charge in [0, 0.05) is 42.4 Å². The van der Waals surface area contributed by atoms with E-state index in [1.165, 1.54) is 28.6 Å². The van der Waals surface area contributed by atoms with Gasteiger partial charge in [-0.25, -0.2) is 9.97 Å². The molecule has 2 aromatic rings. The molecule has 8 heteroatoms. The molecule has 2 fully saturated rings. The van der Waals surface area contributed by atoms with Crippen LogP contribution in [-0.4, -0.2) is 63.5 Å². The van der Waals surface area contributed by atoms with Crippen molar-refractivity contribution in [3.05, 3.63) is 16.8 Å². The SMILES string of the molecule is Cc1sc2ncnc(SCC(=O)N3CCC(C(=O)N4CCCCC4)CC3)c2c1C. The molecule has 0 saturated carbocycles. The van der Waals surface area contributed by atoms with Crippen LogP contribution in [0.25, 0.3) is 10.2 Å². The first kappa shape index (κ1) is 20.6. The Morgan fingerprint density at radius 2 is 1.79 bits per heavy atom. The number of fused-ring (bicyclic) bond motifs is 1. The summed E-state index contributed by atoms with van der Waals surface area (Å²) >= 11 is 3.17. The first-order valence-electron chi connectivity index (χ1n) is 10.4. The molecule has 0 aliphatic carbocycles. The van der Waals surface area contributed by atoms with Crippen LogP contribution >= 0.6 is 23.1 Å². The summed E-state index contributed by atoms with van der Waals surface area (Å²) in [6.07, 6.45) is 6.64. The highest BCUT2D eigenvalue weighted by atomic mass is 32.2. The third kappa shape index (κ3) is 4.43. The summed E-state index contributed by atoms with van der Waals surface area (Å²) in [5.74, 6) is 0.904. The fraction of sp³-hybridized carbons (Fsp3) is 0.619. The summed E-state index contributed by atoms with van der Waals surface area (Å²) in [6, 6.07) is 0. The Morgan fingerprint density at radius 1 is 1.07 bits per heavy atom. The number of amides is 2. The number of nitrogens with zero attached hydrogens (tertiary/aromatic N) is 4. The number of likely N-dealkylation sites (tertiary alicyclic amines) is 2. The second kappa shape index (κ2) is 9.00. The smallest absolute Gasteiger partial charge is 0.232 e. The topological polar surface area (TPSA) is 66.4 Å². The van der Waals surface area contributed by atoms with Crippen LogP contribution < -0.4 is 0 Å². The van der Waals surface area contributed by atoms with Crippen molar-refractivity contribution in [3.8, 4) is 0 Å². The number of hydrogen-bond donors (Lipinski definition) is 0. The molecule has 4 heterocycles. The minimum Gasteiger partial charge on any atom is -0.342 e. The maximum Gasteiger partial charge on any atom is 0.232 e. The lowest BCUT2D eigenvalue weighted by Gasteiger charge is -2.35. The number of thioether (sulfide) groups is 1. The van der Waals surface area contributed by atoms with Gasteiger partial charge in [0.15, 0.2) is 0 Å². The van der Waals surface area contributed by atoms with Crippen LogP contribution in [0, 0.1) is 19.8 Å². The molecule has 2 aliphatic heterocycles. The van der Waals surface area contributed by atoms with Gasteiger partial charge in [0.1, 0.15) is 16.2 Å². The van der Waals surface area contributed by atoms with Gasteiger partial charge in [0.2, 0.25) is 11.8 Å². The quantitative estimate of drug-likeness (QED) is 0.545. The van der Waals surface area contributed by atoms with E-state index in [0.29, 0.717) is 24.7 Å². The van der Waals surface area contributed by atoms with Gasteiger partial charge in [-0.15, -0.1) is 11.3 Å². The van der Waals surface area contributed by atoms with E-state index >= 15 is 0 Å². The number of aromatic nitrogens is 2. The molecule has 156 valence electrons. The van der Waals surface area contributed by atoms with Gasteiger partial charge >= 0.3 is 0 Å². The maximum absolute atomic E-state index is 12.7. The van der Waals surface area contributed by atoms with Crippen LogP contribution in [0.2, 0.25) is 0 Å². The lowest BCUT2D eigenvalue weighted by molar-refractivity contribution is -0.140. The van der Waals surface area contributed by atoms with Gasteiger partial charge in [0.25, 0.3) is 0 Å². The second-order valence-corrected chi connectivity index (χ2v) is 10.1. The fourth-order valence-corrected chi connectivity index (χ4v) is 6.25. The third-order valence-electron chi connectivity index (χ3n) is 6.13. The summed E-state index contributed by atoms with van der Waals surface area (Å²) in [5.41, 5.74) is 1.21. The van der Waals surface area contributed by atoms with E-state index < -0.39 is 0 Å². The Labute approximate surface area is 180 Å². The van der Waals surface area contributed by atoms with Gasteiger partial charge in [-0.2, -0.15) is 0 Å². The van der Waals surface area contributed by atoms with Crippen molar-refractivity contribution >= 4 is 45.1 Å². The predicted octanol–water partition coefficient (Wildman–Crippen LogP) is 3.65. The van der Waals surface area contributed by atoms with Crippen molar-refractivity contribution in [2.45, 2.75) is 51.0 Å². The molecule has 0 radical (unpaired) electrons. The molecule has 0 atom stereocenters. The second-order valence-electron chi connectivity index (χ2n) is 7.97. The molecule has 0 N–H and O–H groups in total. The van der Waals surface area contributed by atoms with E-state index in [1.54, 1.807) is 17.7 Å². The molecule has 2 aromatic heterocycles. The highest BCUT2D eigenvalue weighted by Crippen LogP contribution is 2.34. The molecule has 4 rings (SSSR count). The number of carbonyl (C=O) groups is 2. The molecular formula is C21H28N4O2S2. The molecule has 2 amide bonds. The summed E-state index contributed by atoms with van der Waals surface area (Å²) < 4.78 is 0. The molecule has 6 nitrogen and oxygen atoms in total. The molecule has 0 unspecified atom stereocenters. The Bertz CT molecular complexity index is 899. The van der Waals surface area contributed by atoms with E-state index in [9.17, 15) is 9.59 Å². The number of aryl methyl sites for hydroxylation is 2. The fourth-order valence-electron chi connectivity index (χ4n) is 4.23. The highest BCUT2D eigenvalue weighted by molar-refractivity contribution is 8.00. The van der Waals surface area contributed by atoms with E-state index in [2.05, 4.69) is 23.8 Å². The summed E-state index contributed by atoms with van der Waals surface area (Å²) in [7, 11) is 0. The number of carbonyl (C=O) groups excluding carboxylic acids is 2. The van der Waals surface area contributed by atoms with E-state index in [0.717, 1.165) is 54.0 Å². The number of rotatable bonds is 4. The van der Waals surface area contributed by atoms with Crippen LogP contribution in [0.4, 0.5) is 0 Å². The van der Waals surface area contributed by atoms with Crippen molar-refractivity contribution < 1.29 is 9.59 Å². The summed E-state index contributed by atoms with van der Waals surface area (Å²) in [6.45, 7) is 7.36. The molecule has 2 saturated heterocycles. The average molecular weight is 433 g/mol. The minimum absolute atomic E-state index is 0.0859. The van der Waals surface area contributed by atoms with Crippen molar-refractivity contribution in [2.24, 2.45) is 5.92 Å². The lowest BCUT2D eigenvalue weighted by atomic mass is 9.94. The van der Waals surface area contributed by atoms with E-state index in [-0.39, 0.29) is 11.8 Å². The number of piperidine rings is 2.